The van der Waals surface area contributed by atoms with Crippen LogP contribution in [0.1, 0.15) is 74.6 Å². The van der Waals surface area contributed by atoms with E-state index in [0.29, 0.717) is 34.8 Å². The van der Waals surface area contributed by atoms with Gasteiger partial charge in [-0.1, -0.05) is 26.7 Å². The maximum absolute atomic E-state index is 12.9. The zero-order valence-corrected chi connectivity index (χ0v) is 14.0. The fourth-order valence-corrected chi connectivity index (χ4v) is 4.83. The fourth-order valence-electron chi connectivity index (χ4n) is 4.83. The summed E-state index contributed by atoms with van der Waals surface area (Å²) in [6, 6.07) is 1.66. The standard InChI is InChI=1S/C18H25N3O2/c1-11(2)15-18(7-3-4-8-18)10-21(15)17(23)13-9-14(22)20-16(19-13)12-5-6-12/h9,11-12,15H,3-8,10H2,1-2H3,(H,19,20,22). The first-order valence-corrected chi connectivity index (χ1v) is 8.92. The molecule has 1 unspecified atom stereocenters. The quantitative estimate of drug-likeness (QED) is 0.932. The van der Waals surface area contributed by atoms with Crippen molar-refractivity contribution in [3.05, 3.63) is 27.9 Å². The van der Waals surface area contributed by atoms with Crippen molar-refractivity contribution in [3.8, 4) is 0 Å². The molecule has 124 valence electrons. The van der Waals surface area contributed by atoms with Crippen molar-refractivity contribution in [1.29, 1.82) is 0 Å². The molecule has 4 rings (SSSR count). The number of aromatic amines is 1. The van der Waals surface area contributed by atoms with E-state index in [4.69, 9.17) is 0 Å². The number of hydrogen-bond donors (Lipinski definition) is 1. The predicted octanol–water partition coefficient (Wildman–Crippen LogP) is 2.69. The maximum atomic E-state index is 12.9. The third-order valence-corrected chi connectivity index (χ3v) is 5.88. The normalized spacial score (nSPS) is 25.9. The second-order valence-corrected chi connectivity index (χ2v) is 7.98. The number of H-pyrrole nitrogens is 1. The largest absolute Gasteiger partial charge is 0.333 e. The fraction of sp³-hybridized carbons (Fsp3) is 0.722. The van der Waals surface area contributed by atoms with Crippen LogP contribution in [0.2, 0.25) is 0 Å². The van der Waals surface area contributed by atoms with Gasteiger partial charge < -0.3 is 9.88 Å². The number of nitrogens with one attached hydrogen (secondary N) is 1. The number of rotatable bonds is 3. The Kier molecular flexibility index (Phi) is 3.36. The molecular weight excluding hydrogens is 290 g/mol. The topological polar surface area (TPSA) is 66.1 Å². The van der Waals surface area contributed by atoms with Crippen LogP contribution in [0.25, 0.3) is 0 Å². The summed E-state index contributed by atoms with van der Waals surface area (Å²) in [6.45, 7) is 5.23. The van der Waals surface area contributed by atoms with E-state index in [1.54, 1.807) is 0 Å². The van der Waals surface area contributed by atoms with E-state index in [0.717, 1.165) is 19.4 Å². The molecule has 2 heterocycles. The maximum Gasteiger partial charge on any atom is 0.273 e. The molecule has 3 aliphatic rings. The van der Waals surface area contributed by atoms with Gasteiger partial charge in [0.2, 0.25) is 0 Å². The summed E-state index contributed by atoms with van der Waals surface area (Å²) in [5, 5.41) is 0. The van der Waals surface area contributed by atoms with Gasteiger partial charge >= 0.3 is 0 Å². The Morgan fingerprint density at radius 3 is 2.65 bits per heavy atom. The number of amides is 1. The summed E-state index contributed by atoms with van der Waals surface area (Å²) in [5.74, 6) is 1.41. The van der Waals surface area contributed by atoms with E-state index in [2.05, 4.69) is 23.8 Å². The van der Waals surface area contributed by atoms with Gasteiger partial charge in [-0.25, -0.2) is 4.98 Å². The predicted molar refractivity (Wildman–Crippen MR) is 87.4 cm³/mol. The smallest absolute Gasteiger partial charge is 0.273 e. The summed E-state index contributed by atoms with van der Waals surface area (Å²) >= 11 is 0. The molecule has 5 heteroatoms. The number of hydrogen-bond acceptors (Lipinski definition) is 3. The average Bonchev–Trinajstić information content (AvgIpc) is 3.21. The van der Waals surface area contributed by atoms with Crippen LogP contribution in [0.15, 0.2) is 10.9 Å². The first kappa shape index (κ1) is 14.9. The zero-order valence-electron chi connectivity index (χ0n) is 14.0. The van der Waals surface area contributed by atoms with Crippen molar-refractivity contribution < 1.29 is 4.79 Å². The first-order valence-electron chi connectivity index (χ1n) is 8.92. The SMILES string of the molecule is CC(C)C1N(C(=O)c2cc(=O)[nH]c(C3CC3)n2)CC12CCCC2. The highest BCUT2D eigenvalue weighted by Crippen LogP contribution is 2.53. The monoisotopic (exact) mass is 315 g/mol. The summed E-state index contributed by atoms with van der Waals surface area (Å²) in [5.41, 5.74) is 0.446. The molecule has 5 nitrogen and oxygen atoms in total. The Balaban J connectivity index is 1.61. The molecule has 1 N–H and O–H groups in total. The van der Waals surface area contributed by atoms with Crippen molar-refractivity contribution in [3.63, 3.8) is 0 Å². The van der Waals surface area contributed by atoms with Crippen LogP contribution >= 0.6 is 0 Å². The molecule has 1 saturated heterocycles. The zero-order chi connectivity index (χ0) is 16.2. The summed E-state index contributed by atoms with van der Waals surface area (Å²) in [6.07, 6.45) is 7.14. The Bertz CT molecular complexity index is 684. The summed E-state index contributed by atoms with van der Waals surface area (Å²) in [4.78, 5) is 34.0. The van der Waals surface area contributed by atoms with Gasteiger partial charge in [-0.2, -0.15) is 0 Å². The van der Waals surface area contributed by atoms with Crippen LogP contribution in [0.4, 0.5) is 0 Å². The number of carbonyl (C=O) groups is 1. The lowest BCUT2D eigenvalue weighted by Crippen LogP contribution is -2.67. The van der Waals surface area contributed by atoms with Crippen LogP contribution in [0.5, 0.6) is 0 Å². The van der Waals surface area contributed by atoms with E-state index in [1.165, 1.54) is 31.7 Å². The number of carbonyl (C=O) groups excluding carboxylic acids is 1. The highest BCUT2D eigenvalue weighted by Gasteiger charge is 2.56. The molecule has 0 bridgehead atoms. The molecule has 2 aliphatic carbocycles. The minimum absolute atomic E-state index is 0.0609. The van der Waals surface area contributed by atoms with E-state index >= 15 is 0 Å². The molecule has 0 radical (unpaired) electrons. The Labute approximate surface area is 136 Å². The molecule has 3 fully saturated rings. The minimum atomic E-state index is -0.206. The van der Waals surface area contributed by atoms with Crippen molar-refractivity contribution in [1.82, 2.24) is 14.9 Å². The van der Waals surface area contributed by atoms with Gasteiger partial charge in [-0.15, -0.1) is 0 Å². The van der Waals surface area contributed by atoms with Crippen LogP contribution in [-0.4, -0.2) is 33.4 Å². The van der Waals surface area contributed by atoms with Gasteiger partial charge in [0, 0.05) is 30.0 Å². The lowest BCUT2D eigenvalue weighted by atomic mass is 9.66. The highest BCUT2D eigenvalue weighted by molar-refractivity contribution is 5.93. The van der Waals surface area contributed by atoms with Gasteiger partial charge in [-0.3, -0.25) is 9.59 Å². The molecule has 1 aromatic heterocycles. The highest BCUT2D eigenvalue weighted by atomic mass is 16.2. The lowest BCUT2D eigenvalue weighted by Gasteiger charge is -2.58. The Hall–Kier alpha value is -1.65. The second kappa shape index (κ2) is 5.18. The van der Waals surface area contributed by atoms with Crippen LogP contribution in [-0.2, 0) is 0 Å². The molecule has 23 heavy (non-hydrogen) atoms. The molecule has 2 saturated carbocycles. The molecule has 0 aromatic carbocycles. The van der Waals surface area contributed by atoms with Gasteiger partial charge in [-0.05, 0) is 31.6 Å². The van der Waals surface area contributed by atoms with E-state index in [-0.39, 0.29) is 11.5 Å². The average molecular weight is 315 g/mol. The van der Waals surface area contributed by atoms with Crippen molar-refractivity contribution in [2.45, 2.75) is 64.3 Å². The van der Waals surface area contributed by atoms with Crippen molar-refractivity contribution in [2.75, 3.05) is 6.54 Å². The number of nitrogens with zero attached hydrogens (tertiary/aromatic N) is 2. The van der Waals surface area contributed by atoms with Crippen LogP contribution in [0, 0.1) is 11.3 Å². The van der Waals surface area contributed by atoms with Gasteiger partial charge in [0.15, 0.2) is 0 Å². The second-order valence-electron chi connectivity index (χ2n) is 7.98. The molecular formula is C18H25N3O2. The summed E-state index contributed by atoms with van der Waals surface area (Å²) in [7, 11) is 0. The van der Waals surface area contributed by atoms with E-state index < -0.39 is 0 Å². The van der Waals surface area contributed by atoms with Gasteiger partial charge in [0.25, 0.3) is 11.5 Å². The third kappa shape index (κ3) is 2.41. The third-order valence-electron chi connectivity index (χ3n) is 5.88. The molecule has 1 aromatic rings. The van der Waals surface area contributed by atoms with Gasteiger partial charge in [0.05, 0.1) is 0 Å². The molecule has 1 atom stereocenters. The van der Waals surface area contributed by atoms with E-state index in [1.807, 2.05) is 4.90 Å². The van der Waals surface area contributed by atoms with Crippen molar-refractivity contribution >= 4 is 5.91 Å². The number of likely N-dealkylation sites (tertiary alicyclic amines) is 1. The Morgan fingerprint density at radius 2 is 2.04 bits per heavy atom. The first-order chi connectivity index (χ1) is 11.0. The lowest BCUT2D eigenvalue weighted by molar-refractivity contribution is -0.0704. The van der Waals surface area contributed by atoms with E-state index in [9.17, 15) is 9.59 Å². The number of aromatic nitrogens is 2. The molecule has 1 aliphatic heterocycles. The summed E-state index contributed by atoms with van der Waals surface area (Å²) < 4.78 is 0. The van der Waals surface area contributed by atoms with Crippen LogP contribution < -0.4 is 5.56 Å². The Morgan fingerprint density at radius 1 is 1.35 bits per heavy atom. The van der Waals surface area contributed by atoms with Crippen LogP contribution in [0.3, 0.4) is 0 Å². The minimum Gasteiger partial charge on any atom is -0.333 e. The van der Waals surface area contributed by atoms with Gasteiger partial charge in [0.1, 0.15) is 11.5 Å². The molecule has 1 spiro atoms. The van der Waals surface area contributed by atoms with Crippen molar-refractivity contribution in [2.24, 2.45) is 11.3 Å². The molecule has 1 amide bonds.